The van der Waals surface area contributed by atoms with Gasteiger partial charge in [-0.1, -0.05) is 18.9 Å². The lowest BCUT2D eigenvalue weighted by Gasteiger charge is -2.27. The third-order valence-electron chi connectivity index (χ3n) is 3.68. The van der Waals surface area contributed by atoms with Gasteiger partial charge in [0, 0.05) is 28.8 Å². The van der Waals surface area contributed by atoms with Gasteiger partial charge in [0.2, 0.25) is 0 Å². The van der Waals surface area contributed by atoms with Crippen LogP contribution in [0.15, 0.2) is 29.2 Å². The number of benzene rings is 1. The summed E-state index contributed by atoms with van der Waals surface area (Å²) in [5.74, 6) is -0.124. The van der Waals surface area contributed by atoms with Gasteiger partial charge in [-0.15, -0.1) is 0 Å². The highest BCUT2D eigenvalue weighted by molar-refractivity contribution is 8.13. The smallest absolute Gasteiger partial charge is 0.261 e. The van der Waals surface area contributed by atoms with Crippen molar-refractivity contribution in [1.82, 2.24) is 4.90 Å². The Kier molecular flexibility index (Phi) is 4.70. The molecule has 1 saturated heterocycles. The molecule has 0 spiro atoms. The number of rotatable bonds is 2. The monoisotopic (exact) mass is 315 g/mol. The number of likely N-dealkylation sites (tertiary alicyclic amines) is 1. The Morgan fingerprint density at radius 2 is 2.05 bits per heavy atom. The molecule has 1 fully saturated rings. The third kappa shape index (κ3) is 3.52. The lowest BCUT2D eigenvalue weighted by atomic mass is 10.1. The summed E-state index contributed by atoms with van der Waals surface area (Å²) in [5.41, 5.74) is 0.375. The fraction of sp³-hybridized carbons (Fsp3) is 0.500. The molecule has 1 aliphatic heterocycles. The molecule has 0 radical (unpaired) electrons. The normalized spacial score (nSPS) is 20.5. The minimum atomic E-state index is -3.81. The lowest BCUT2D eigenvalue weighted by Crippen LogP contribution is -2.38. The fourth-order valence-electron chi connectivity index (χ4n) is 2.52. The Morgan fingerprint density at radius 3 is 2.75 bits per heavy atom. The summed E-state index contributed by atoms with van der Waals surface area (Å²) in [7, 11) is 1.51. The van der Waals surface area contributed by atoms with Crippen molar-refractivity contribution in [3.05, 3.63) is 29.8 Å². The summed E-state index contributed by atoms with van der Waals surface area (Å²) < 4.78 is 22.7. The molecule has 0 saturated carbocycles. The molecule has 1 aliphatic rings. The minimum absolute atomic E-state index is 0.0347. The Hall–Kier alpha value is -1.07. The van der Waals surface area contributed by atoms with E-state index in [1.165, 1.54) is 12.1 Å². The van der Waals surface area contributed by atoms with Crippen LogP contribution in [0.3, 0.4) is 0 Å². The third-order valence-corrected chi connectivity index (χ3v) is 5.03. The van der Waals surface area contributed by atoms with E-state index in [-0.39, 0.29) is 16.8 Å². The predicted octanol–water partition coefficient (Wildman–Crippen LogP) is 3.02. The Bertz CT molecular complexity index is 600. The largest absolute Gasteiger partial charge is 0.336 e. The summed E-state index contributed by atoms with van der Waals surface area (Å²) >= 11 is 0. The quantitative estimate of drug-likeness (QED) is 0.788. The second kappa shape index (κ2) is 6.14. The molecule has 0 aliphatic carbocycles. The summed E-state index contributed by atoms with van der Waals surface area (Å²) in [5, 5.41) is 0. The Morgan fingerprint density at radius 1 is 1.30 bits per heavy atom. The molecule has 0 N–H and O–H groups in total. The molecule has 110 valence electrons. The summed E-state index contributed by atoms with van der Waals surface area (Å²) in [6.45, 7) is 2.75. The van der Waals surface area contributed by atoms with Crippen molar-refractivity contribution >= 4 is 25.6 Å². The molecule has 4 nitrogen and oxygen atoms in total. The van der Waals surface area contributed by atoms with Crippen molar-refractivity contribution in [3.8, 4) is 0 Å². The first-order chi connectivity index (χ1) is 9.39. The number of carbonyl (C=O) groups is 1. The van der Waals surface area contributed by atoms with E-state index in [9.17, 15) is 13.2 Å². The zero-order valence-corrected chi connectivity index (χ0v) is 13.0. The Labute approximate surface area is 124 Å². The molecule has 0 aromatic heterocycles. The van der Waals surface area contributed by atoms with Gasteiger partial charge in [0.15, 0.2) is 0 Å². The van der Waals surface area contributed by atoms with Crippen LogP contribution in [0.2, 0.25) is 0 Å². The molecule has 1 aromatic carbocycles. The number of hydrogen-bond donors (Lipinski definition) is 0. The Balaban J connectivity index is 2.28. The van der Waals surface area contributed by atoms with Crippen molar-refractivity contribution in [2.45, 2.75) is 43.5 Å². The average molecular weight is 316 g/mol. The van der Waals surface area contributed by atoms with Crippen molar-refractivity contribution < 1.29 is 13.2 Å². The van der Waals surface area contributed by atoms with Crippen LogP contribution < -0.4 is 0 Å². The standard InChI is InChI=1S/C14H18ClNO3S/c1-11-6-3-2-4-9-16(11)14(17)12-7-5-8-13(10-12)20(15,18)19/h5,7-8,10-11H,2-4,6,9H2,1H3. The van der Waals surface area contributed by atoms with Crippen molar-refractivity contribution in [2.24, 2.45) is 0 Å². The van der Waals surface area contributed by atoms with Crippen LogP contribution >= 0.6 is 10.7 Å². The van der Waals surface area contributed by atoms with Gasteiger partial charge in [0.05, 0.1) is 4.90 Å². The molecule has 6 heteroatoms. The second-order valence-corrected chi connectivity index (χ2v) is 7.73. The maximum Gasteiger partial charge on any atom is 0.261 e. The SMILES string of the molecule is CC1CCCCCN1C(=O)c1cccc(S(=O)(=O)Cl)c1. The number of carbonyl (C=O) groups excluding carboxylic acids is 1. The van der Waals surface area contributed by atoms with Gasteiger partial charge in [0.25, 0.3) is 15.0 Å². The zero-order chi connectivity index (χ0) is 14.8. The summed E-state index contributed by atoms with van der Waals surface area (Å²) in [6.07, 6.45) is 4.23. The highest BCUT2D eigenvalue weighted by atomic mass is 35.7. The maximum atomic E-state index is 12.5. The zero-order valence-electron chi connectivity index (χ0n) is 11.4. The number of hydrogen-bond acceptors (Lipinski definition) is 3. The molecular formula is C14H18ClNO3S. The molecule has 1 atom stereocenters. The highest BCUT2D eigenvalue weighted by Gasteiger charge is 2.24. The van der Waals surface area contributed by atoms with Gasteiger partial charge >= 0.3 is 0 Å². The van der Waals surface area contributed by atoms with Gasteiger partial charge in [-0.05, 0) is 38.0 Å². The van der Waals surface area contributed by atoms with Crippen LogP contribution in [0.4, 0.5) is 0 Å². The van der Waals surface area contributed by atoms with E-state index in [2.05, 4.69) is 0 Å². The van der Waals surface area contributed by atoms with E-state index < -0.39 is 9.05 Å². The topological polar surface area (TPSA) is 54.5 Å². The second-order valence-electron chi connectivity index (χ2n) is 5.16. The fourth-order valence-corrected chi connectivity index (χ4v) is 3.32. The molecule has 0 bridgehead atoms. The van der Waals surface area contributed by atoms with E-state index in [0.717, 1.165) is 32.2 Å². The van der Waals surface area contributed by atoms with Crippen molar-refractivity contribution in [3.63, 3.8) is 0 Å². The van der Waals surface area contributed by atoms with Crippen molar-refractivity contribution in [2.75, 3.05) is 6.54 Å². The number of nitrogens with zero attached hydrogens (tertiary/aromatic N) is 1. The van der Waals surface area contributed by atoms with Gasteiger partial charge in [-0.3, -0.25) is 4.79 Å². The highest BCUT2D eigenvalue weighted by Crippen LogP contribution is 2.21. The molecular weight excluding hydrogens is 298 g/mol. The van der Waals surface area contributed by atoms with Gasteiger partial charge in [0.1, 0.15) is 0 Å². The molecule has 1 unspecified atom stereocenters. The van der Waals surface area contributed by atoms with Crippen LogP contribution in [-0.2, 0) is 9.05 Å². The van der Waals surface area contributed by atoms with Crippen LogP contribution in [0.5, 0.6) is 0 Å². The predicted molar refractivity (Wildman–Crippen MR) is 78.4 cm³/mol. The number of halogens is 1. The first kappa shape index (κ1) is 15.3. The number of amides is 1. The molecule has 20 heavy (non-hydrogen) atoms. The van der Waals surface area contributed by atoms with Crippen LogP contribution in [0.1, 0.15) is 43.0 Å². The van der Waals surface area contributed by atoms with E-state index in [1.807, 2.05) is 11.8 Å². The molecule has 1 heterocycles. The van der Waals surface area contributed by atoms with Crippen LogP contribution in [-0.4, -0.2) is 31.8 Å². The van der Waals surface area contributed by atoms with E-state index >= 15 is 0 Å². The molecule has 1 aromatic rings. The van der Waals surface area contributed by atoms with E-state index in [0.29, 0.717) is 5.56 Å². The maximum absolute atomic E-state index is 12.5. The van der Waals surface area contributed by atoms with Gasteiger partial charge < -0.3 is 4.90 Å². The average Bonchev–Trinajstić information content (AvgIpc) is 2.62. The summed E-state index contributed by atoms with van der Waals surface area (Å²) in [4.78, 5) is 14.3. The summed E-state index contributed by atoms with van der Waals surface area (Å²) in [6, 6.07) is 6.10. The van der Waals surface area contributed by atoms with Crippen LogP contribution in [0, 0.1) is 0 Å². The van der Waals surface area contributed by atoms with Crippen molar-refractivity contribution in [1.29, 1.82) is 0 Å². The van der Waals surface area contributed by atoms with Gasteiger partial charge in [-0.25, -0.2) is 8.42 Å². The van der Waals surface area contributed by atoms with E-state index in [1.54, 1.807) is 12.1 Å². The first-order valence-electron chi connectivity index (χ1n) is 6.75. The van der Waals surface area contributed by atoms with Crippen LogP contribution in [0.25, 0.3) is 0 Å². The molecule has 1 amide bonds. The van der Waals surface area contributed by atoms with E-state index in [4.69, 9.17) is 10.7 Å². The lowest BCUT2D eigenvalue weighted by molar-refractivity contribution is 0.0697. The van der Waals surface area contributed by atoms with Gasteiger partial charge in [-0.2, -0.15) is 0 Å². The minimum Gasteiger partial charge on any atom is -0.336 e. The molecule has 2 rings (SSSR count). The first-order valence-corrected chi connectivity index (χ1v) is 9.06.